The van der Waals surface area contributed by atoms with Crippen molar-refractivity contribution in [2.24, 2.45) is 0 Å². The lowest BCUT2D eigenvalue weighted by atomic mass is 10.3. The van der Waals surface area contributed by atoms with Gasteiger partial charge in [0.2, 0.25) is 21.8 Å². The fourth-order valence-corrected chi connectivity index (χ4v) is 4.58. The Hall–Kier alpha value is -1.97. The molecular weight excluding hydrogens is 368 g/mol. The molecule has 9 heteroatoms. The number of carbonyl (C=O) groups is 2. The molecule has 1 aromatic carbocycles. The van der Waals surface area contributed by atoms with Gasteiger partial charge in [-0.2, -0.15) is 4.31 Å². The van der Waals surface area contributed by atoms with Crippen LogP contribution >= 0.6 is 0 Å². The number of nitrogens with one attached hydrogen (secondary N) is 1. The quantitative estimate of drug-likeness (QED) is 0.737. The topological polar surface area (TPSA) is 90.0 Å². The zero-order valence-corrected chi connectivity index (χ0v) is 17.0. The van der Waals surface area contributed by atoms with Crippen LogP contribution in [-0.2, 0) is 19.6 Å². The van der Waals surface area contributed by atoms with Crippen molar-refractivity contribution in [2.75, 3.05) is 51.1 Å². The molecule has 0 unspecified atom stereocenters. The van der Waals surface area contributed by atoms with Gasteiger partial charge in [-0.15, -0.1) is 0 Å². The van der Waals surface area contributed by atoms with E-state index in [1.54, 1.807) is 37.8 Å². The molecule has 1 N–H and O–H groups in total. The fraction of sp³-hybridized carbons (Fsp3) is 0.556. The molecule has 0 atom stereocenters. The number of hydrogen-bond acceptors (Lipinski definition) is 5. The highest BCUT2D eigenvalue weighted by Gasteiger charge is 2.23. The van der Waals surface area contributed by atoms with Crippen molar-refractivity contribution >= 4 is 27.5 Å². The van der Waals surface area contributed by atoms with E-state index in [9.17, 15) is 18.0 Å². The number of rotatable bonds is 7. The predicted molar refractivity (Wildman–Crippen MR) is 104 cm³/mol. The summed E-state index contributed by atoms with van der Waals surface area (Å²) in [6.45, 7) is 8.62. The molecule has 1 saturated heterocycles. The number of hydrogen-bond donors (Lipinski definition) is 1. The Morgan fingerprint density at radius 3 is 2.30 bits per heavy atom. The molecule has 8 nitrogen and oxygen atoms in total. The van der Waals surface area contributed by atoms with Gasteiger partial charge in [0.1, 0.15) is 0 Å². The van der Waals surface area contributed by atoms with E-state index in [1.807, 2.05) is 4.90 Å². The molecule has 1 aliphatic heterocycles. The molecule has 150 valence electrons. The highest BCUT2D eigenvalue weighted by molar-refractivity contribution is 7.89. The van der Waals surface area contributed by atoms with E-state index in [1.165, 1.54) is 16.4 Å². The number of sulfonamides is 1. The van der Waals surface area contributed by atoms with Crippen LogP contribution in [0.3, 0.4) is 0 Å². The van der Waals surface area contributed by atoms with Crippen LogP contribution in [-0.4, -0.2) is 80.2 Å². The maximum atomic E-state index is 12.6. The van der Waals surface area contributed by atoms with Crippen molar-refractivity contribution in [2.45, 2.75) is 25.7 Å². The van der Waals surface area contributed by atoms with Crippen LogP contribution in [0.1, 0.15) is 20.8 Å². The van der Waals surface area contributed by atoms with Gasteiger partial charge in [0.05, 0.1) is 11.4 Å². The molecule has 1 aromatic rings. The molecular formula is C18H28N4O4S. The summed E-state index contributed by atoms with van der Waals surface area (Å²) in [4.78, 5) is 27.6. The first-order valence-corrected chi connectivity index (χ1v) is 10.6. The van der Waals surface area contributed by atoms with Crippen molar-refractivity contribution in [1.29, 1.82) is 0 Å². The first-order valence-electron chi connectivity index (χ1n) is 9.15. The second-order valence-corrected chi connectivity index (χ2v) is 8.39. The standard InChI is InChI=1S/C18H28N4O4S/c1-4-22(5-2)27(25,26)17-8-6-7-16(13-17)19-18(24)14-20-9-11-21(12-10-20)15(3)23/h6-8,13H,4-5,9-12,14H2,1-3H3,(H,19,24). The molecule has 27 heavy (non-hydrogen) atoms. The van der Waals surface area contributed by atoms with E-state index in [2.05, 4.69) is 5.32 Å². The number of nitrogens with zero attached hydrogens (tertiary/aromatic N) is 3. The molecule has 0 spiro atoms. The minimum absolute atomic E-state index is 0.0466. The number of anilines is 1. The van der Waals surface area contributed by atoms with Gasteiger partial charge in [0.15, 0.2) is 0 Å². The molecule has 1 aliphatic rings. The van der Waals surface area contributed by atoms with Crippen molar-refractivity contribution in [3.8, 4) is 0 Å². The van der Waals surface area contributed by atoms with Gasteiger partial charge in [-0.05, 0) is 18.2 Å². The Balaban J connectivity index is 1.98. The third-order valence-corrected chi connectivity index (χ3v) is 6.69. The van der Waals surface area contributed by atoms with Crippen molar-refractivity contribution in [3.05, 3.63) is 24.3 Å². The van der Waals surface area contributed by atoms with E-state index < -0.39 is 10.0 Å². The summed E-state index contributed by atoms with van der Waals surface area (Å²) in [6, 6.07) is 6.31. The molecule has 1 fully saturated rings. The third-order valence-electron chi connectivity index (χ3n) is 4.65. The van der Waals surface area contributed by atoms with E-state index in [-0.39, 0.29) is 23.3 Å². The summed E-state index contributed by atoms with van der Waals surface area (Å²) in [5, 5.41) is 2.77. The molecule has 0 aliphatic carbocycles. The lowest BCUT2D eigenvalue weighted by Gasteiger charge is -2.33. The van der Waals surface area contributed by atoms with E-state index in [4.69, 9.17) is 0 Å². The van der Waals surface area contributed by atoms with Gasteiger partial charge in [0.25, 0.3) is 0 Å². The van der Waals surface area contributed by atoms with Crippen LogP contribution in [0.15, 0.2) is 29.2 Å². The summed E-state index contributed by atoms with van der Waals surface area (Å²) < 4.78 is 26.6. The largest absolute Gasteiger partial charge is 0.340 e. The lowest BCUT2D eigenvalue weighted by molar-refractivity contribution is -0.130. The first kappa shape index (κ1) is 21.3. The van der Waals surface area contributed by atoms with Crippen LogP contribution < -0.4 is 5.32 Å². The van der Waals surface area contributed by atoms with Crippen LogP contribution in [0.2, 0.25) is 0 Å². The average molecular weight is 397 g/mol. The van der Waals surface area contributed by atoms with Crippen molar-refractivity contribution in [3.63, 3.8) is 0 Å². The molecule has 0 aromatic heterocycles. The summed E-state index contributed by atoms with van der Waals surface area (Å²) in [5.74, 6) is -0.158. The van der Waals surface area contributed by atoms with Gasteiger partial charge in [-0.1, -0.05) is 19.9 Å². The normalized spacial score (nSPS) is 15.8. The number of piperazine rings is 1. The smallest absolute Gasteiger partial charge is 0.243 e. The minimum Gasteiger partial charge on any atom is -0.340 e. The molecule has 2 rings (SSSR count). The van der Waals surface area contributed by atoms with Gasteiger partial charge >= 0.3 is 0 Å². The molecule has 0 radical (unpaired) electrons. The maximum absolute atomic E-state index is 12.6. The Bertz CT molecular complexity index is 769. The van der Waals surface area contributed by atoms with Crippen molar-refractivity contribution in [1.82, 2.24) is 14.1 Å². The number of benzene rings is 1. The number of carbonyl (C=O) groups excluding carboxylic acids is 2. The summed E-state index contributed by atoms with van der Waals surface area (Å²) >= 11 is 0. The average Bonchev–Trinajstić information content (AvgIpc) is 2.63. The van der Waals surface area contributed by atoms with E-state index in [0.717, 1.165) is 0 Å². The fourth-order valence-electron chi connectivity index (χ4n) is 3.07. The van der Waals surface area contributed by atoms with Crippen LogP contribution in [0.5, 0.6) is 0 Å². The minimum atomic E-state index is -3.57. The SMILES string of the molecule is CCN(CC)S(=O)(=O)c1cccc(NC(=O)CN2CCN(C(C)=O)CC2)c1. The predicted octanol–water partition coefficient (Wildman–Crippen LogP) is 0.820. The molecule has 2 amide bonds. The summed E-state index contributed by atoms with van der Waals surface area (Å²) in [7, 11) is -3.57. The Morgan fingerprint density at radius 1 is 1.11 bits per heavy atom. The van der Waals surface area contributed by atoms with Gasteiger partial charge in [0, 0.05) is 51.9 Å². The summed E-state index contributed by atoms with van der Waals surface area (Å²) in [6.07, 6.45) is 0. The van der Waals surface area contributed by atoms with E-state index in [0.29, 0.717) is 45.0 Å². The Labute approximate surface area is 161 Å². The second-order valence-electron chi connectivity index (χ2n) is 6.45. The zero-order valence-electron chi connectivity index (χ0n) is 16.1. The van der Waals surface area contributed by atoms with Crippen LogP contribution in [0, 0.1) is 0 Å². The van der Waals surface area contributed by atoms with Crippen LogP contribution in [0.25, 0.3) is 0 Å². The second kappa shape index (κ2) is 9.29. The lowest BCUT2D eigenvalue weighted by Crippen LogP contribution is -2.49. The Morgan fingerprint density at radius 2 is 1.74 bits per heavy atom. The Kier molecular flexibility index (Phi) is 7.34. The summed E-state index contributed by atoms with van der Waals surface area (Å²) in [5.41, 5.74) is 0.454. The zero-order chi connectivity index (χ0) is 20.0. The number of amides is 2. The van der Waals surface area contributed by atoms with Crippen LogP contribution in [0.4, 0.5) is 5.69 Å². The third kappa shape index (κ3) is 5.50. The monoisotopic (exact) mass is 396 g/mol. The highest BCUT2D eigenvalue weighted by atomic mass is 32.2. The first-order chi connectivity index (χ1) is 12.8. The molecule has 0 bridgehead atoms. The molecule has 0 saturated carbocycles. The maximum Gasteiger partial charge on any atom is 0.243 e. The van der Waals surface area contributed by atoms with Gasteiger partial charge in [-0.25, -0.2) is 8.42 Å². The van der Waals surface area contributed by atoms with Crippen molar-refractivity contribution < 1.29 is 18.0 Å². The molecule has 1 heterocycles. The van der Waals surface area contributed by atoms with Gasteiger partial charge in [-0.3, -0.25) is 14.5 Å². The van der Waals surface area contributed by atoms with Gasteiger partial charge < -0.3 is 10.2 Å². The highest BCUT2D eigenvalue weighted by Crippen LogP contribution is 2.19. The van der Waals surface area contributed by atoms with E-state index >= 15 is 0 Å².